The number of rotatable bonds is 5. The molecule has 0 saturated heterocycles. The first-order chi connectivity index (χ1) is 15.0. The molecule has 1 heterocycles. The van der Waals surface area contributed by atoms with E-state index in [9.17, 15) is 9.59 Å². The van der Waals surface area contributed by atoms with Crippen molar-refractivity contribution >= 4 is 35.5 Å². The minimum absolute atomic E-state index is 0.151. The van der Waals surface area contributed by atoms with E-state index in [0.717, 1.165) is 0 Å². The molecule has 0 atom stereocenters. The summed E-state index contributed by atoms with van der Waals surface area (Å²) in [4.78, 5) is 28.7. The van der Waals surface area contributed by atoms with Crippen LogP contribution in [0.4, 0.5) is 0 Å². The van der Waals surface area contributed by atoms with Gasteiger partial charge in [0.2, 0.25) is 5.90 Å². The number of hydrogen-bond donors (Lipinski definition) is 0. The normalized spacial score (nSPS) is 14.2. The van der Waals surface area contributed by atoms with Crippen LogP contribution >= 0.6 is 11.6 Å². The summed E-state index contributed by atoms with van der Waals surface area (Å²) in [5, 5.41) is 0.443. The van der Waals surface area contributed by atoms with Gasteiger partial charge in [-0.2, -0.15) is 0 Å². The lowest BCUT2D eigenvalue weighted by atomic mass is 10.2. The van der Waals surface area contributed by atoms with Gasteiger partial charge in [-0.15, -0.1) is 0 Å². The maximum Gasteiger partial charge on any atom is 0.363 e. The molecule has 1 aliphatic heterocycles. The summed E-state index contributed by atoms with van der Waals surface area (Å²) < 4.78 is 15.7. The number of benzene rings is 3. The molecule has 0 aromatic heterocycles. The van der Waals surface area contributed by atoms with E-state index >= 15 is 0 Å². The summed E-state index contributed by atoms with van der Waals surface area (Å²) in [5.74, 6) is 0.135. The topological polar surface area (TPSA) is 74.2 Å². The van der Waals surface area contributed by atoms with Crippen molar-refractivity contribution in [3.63, 3.8) is 0 Å². The smallest absolute Gasteiger partial charge is 0.363 e. The Morgan fingerprint density at radius 2 is 1.65 bits per heavy atom. The van der Waals surface area contributed by atoms with Gasteiger partial charge in [-0.05, 0) is 60.2 Å². The molecule has 0 N–H and O–H groups in total. The second-order valence-electron chi connectivity index (χ2n) is 6.50. The molecule has 154 valence electrons. The molecule has 4 rings (SSSR count). The molecule has 0 aliphatic carbocycles. The molecule has 0 spiro atoms. The number of carbonyl (C=O) groups is 2. The standard InChI is InChI=1S/C24H16ClNO5/c1-29-17-12-8-16(9-13-17)23(27)30-18-10-6-15(7-11-18)14-21-24(28)31-22(26-21)19-4-2-3-5-20(19)25/h2-14H,1H3. The molecule has 31 heavy (non-hydrogen) atoms. The van der Waals surface area contributed by atoms with E-state index in [1.807, 2.05) is 0 Å². The maximum absolute atomic E-state index is 12.3. The van der Waals surface area contributed by atoms with Crippen LogP contribution in [0.5, 0.6) is 11.5 Å². The van der Waals surface area contributed by atoms with Crippen LogP contribution in [-0.2, 0) is 9.53 Å². The Kier molecular flexibility index (Phi) is 5.82. The van der Waals surface area contributed by atoms with Crippen LogP contribution in [-0.4, -0.2) is 24.9 Å². The van der Waals surface area contributed by atoms with E-state index in [1.165, 1.54) is 0 Å². The van der Waals surface area contributed by atoms with Crippen molar-refractivity contribution in [1.29, 1.82) is 0 Å². The summed E-state index contributed by atoms with van der Waals surface area (Å²) in [6.07, 6.45) is 1.58. The first-order valence-corrected chi connectivity index (χ1v) is 9.65. The predicted octanol–water partition coefficient (Wildman–Crippen LogP) is 4.91. The second-order valence-corrected chi connectivity index (χ2v) is 6.91. The number of aliphatic imine (C=N–C) groups is 1. The van der Waals surface area contributed by atoms with Gasteiger partial charge < -0.3 is 14.2 Å². The quantitative estimate of drug-likeness (QED) is 0.324. The summed E-state index contributed by atoms with van der Waals surface area (Å²) in [5.41, 5.74) is 1.79. The van der Waals surface area contributed by atoms with Crippen molar-refractivity contribution < 1.29 is 23.8 Å². The number of nitrogens with zero attached hydrogens (tertiary/aromatic N) is 1. The van der Waals surface area contributed by atoms with Crippen LogP contribution in [0.1, 0.15) is 21.5 Å². The lowest BCUT2D eigenvalue weighted by molar-refractivity contribution is -0.129. The van der Waals surface area contributed by atoms with Crippen molar-refractivity contribution in [1.82, 2.24) is 0 Å². The number of hydrogen-bond acceptors (Lipinski definition) is 6. The van der Waals surface area contributed by atoms with Crippen LogP contribution in [0, 0.1) is 0 Å². The van der Waals surface area contributed by atoms with Crippen LogP contribution in [0.15, 0.2) is 83.5 Å². The number of methoxy groups -OCH3 is 1. The summed E-state index contributed by atoms with van der Waals surface area (Å²) in [7, 11) is 1.55. The molecule has 3 aromatic carbocycles. The van der Waals surface area contributed by atoms with Gasteiger partial charge in [0.05, 0.1) is 23.3 Å². The first kappa shape index (κ1) is 20.4. The Balaban J connectivity index is 1.47. The SMILES string of the molecule is COc1ccc(C(=O)Oc2ccc(C=C3N=C(c4ccccc4Cl)OC3=O)cc2)cc1. The summed E-state index contributed by atoms with van der Waals surface area (Å²) >= 11 is 6.14. The summed E-state index contributed by atoms with van der Waals surface area (Å²) in [6.45, 7) is 0. The Bertz CT molecular complexity index is 1200. The Morgan fingerprint density at radius 1 is 0.968 bits per heavy atom. The zero-order valence-electron chi connectivity index (χ0n) is 16.4. The third-order valence-electron chi connectivity index (χ3n) is 4.44. The first-order valence-electron chi connectivity index (χ1n) is 9.27. The monoisotopic (exact) mass is 433 g/mol. The zero-order valence-corrected chi connectivity index (χ0v) is 17.1. The molecular formula is C24H16ClNO5. The van der Waals surface area contributed by atoms with E-state index in [1.54, 1.807) is 86.0 Å². The van der Waals surface area contributed by atoms with Gasteiger partial charge in [-0.25, -0.2) is 14.6 Å². The fraction of sp³-hybridized carbons (Fsp3) is 0.0417. The largest absolute Gasteiger partial charge is 0.497 e. The number of carbonyl (C=O) groups excluding carboxylic acids is 2. The number of esters is 2. The van der Waals surface area contributed by atoms with Crippen molar-refractivity contribution in [2.75, 3.05) is 7.11 Å². The van der Waals surface area contributed by atoms with Gasteiger partial charge >= 0.3 is 11.9 Å². The average Bonchev–Trinajstić information content (AvgIpc) is 3.15. The van der Waals surface area contributed by atoms with Crippen LogP contribution in [0.25, 0.3) is 6.08 Å². The third-order valence-corrected chi connectivity index (χ3v) is 4.77. The predicted molar refractivity (Wildman–Crippen MR) is 116 cm³/mol. The minimum atomic E-state index is -0.565. The maximum atomic E-state index is 12.3. The molecule has 0 fully saturated rings. The highest BCUT2D eigenvalue weighted by molar-refractivity contribution is 6.34. The number of cyclic esters (lactones) is 1. The molecule has 0 unspecified atom stereocenters. The van der Waals surface area contributed by atoms with E-state index in [2.05, 4.69) is 4.99 Å². The fourth-order valence-electron chi connectivity index (χ4n) is 2.84. The molecule has 3 aromatic rings. The molecule has 0 radical (unpaired) electrons. The lowest BCUT2D eigenvalue weighted by Crippen LogP contribution is -2.08. The van der Waals surface area contributed by atoms with Gasteiger partial charge in [0.25, 0.3) is 0 Å². The highest BCUT2D eigenvalue weighted by Gasteiger charge is 2.25. The third kappa shape index (κ3) is 4.65. The van der Waals surface area contributed by atoms with Crippen LogP contribution in [0.3, 0.4) is 0 Å². The molecule has 6 nitrogen and oxygen atoms in total. The highest BCUT2D eigenvalue weighted by Crippen LogP contribution is 2.24. The molecule has 7 heteroatoms. The van der Waals surface area contributed by atoms with E-state index < -0.39 is 11.9 Å². The Labute approximate surface area is 183 Å². The summed E-state index contributed by atoms with van der Waals surface area (Å²) in [6, 6.07) is 20.3. The van der Waals surface area contributed by atoms with E-state index in [0.29, 0.717) is 33.2 Å². The minimum Gasteiger partial charge on any atom is -0.497 e. The van der Waals surface area contributed by atoms with Gasteiger partial charge in [-0.3, -0.25) is 0 Å². The molecule has 0 saturated carbocycles. The van der Waals surface area contributed by atoms with Gasteiger partial charge in [0.1, 0.15) is 11.5 Å². The van der Waals surface area contributed by atoms with Gasteiger partial charge in [0.15, 0.2) is 5.70 Å². The number of ether oxygens (including phenoxy) is 3. The van der Waals surface area contributed by atoms with Crippen molar-refractivity contribution in [3.8, 4) is 11.5 Å². The zero-order chi connectivity index (χ0) is 21.8. The van der Waals surface area contributed by atoms with Gasteiger partial charge in [-0.1, -0.05) is 35.9 Å². The van der Waals surface area contributed by atoms with Crippen molar-refractivity contribution in [2.45, 2.75) is 0 Å². The van der Waals surface area contributed by atoms with Crippen LogP contribution in [0.2, 0.25) is 5.02 Å². The Hall–Kier alpha value is -3.90. The molecule has 0 bridgehead atoms. The fourth-order valence-corrected chi connectivity index (χ4v) is 3.06. The van der Waals surface area contributed by atoms with Crippen molar-refractivity contribution in [2.24, 2.45) is 4.99 Å². The molecule has 0 amide bonds. The second kappa shape index (κ2) is 8.85. The van der Waals surface area contributed by atoms with E-state index in [4.69, 9.17) is 25.8 Å². The molecule has 1 aliphatic rings. The van der Waals surface area contributed by atoms with E-state index in [-0.39, 0.29) is 11.6 Å². The number of halogens is 1. The Morgan fingerprint density at radius 3 is 2.32 bits per heavy atom. The highest BCUT2D eigenvalue weighted by atomic mass is 35.5. The van der Waals surface area contributed by atoms with Gasteiger partial charge in [0, 0.05) is 0 Å². The molecular weight excluding hydrogens is 418 g/mol. The van der Waals surface area contributed by atoms with Crippen LogP contribution < -0.4 is 9.47 Å². The lowest BCUT2D eigenvalue weighted by Gasteiger charge is -2.05. The van der Waals surface area contributed by atoms with Crippen molar-refractivity contribution in [3.05, 3.63) is 100 Å². The average molecular weight is 434 g/mol.